The molecule has 4 aromatic rings. The molecule has 15 heteroatoms. The summed E-state index contributed by atoms with van der Waals surface area (Å²) in [6, 6.07) is 3.07. The number of piperazine rings is 1. The van der Waals surface area contributed by atoms with E-state index in [1.165, 1.54) is 6.07 Å². The molecule has 2 aromatic heterocycles. The molecule has 2 aromatic carbocycles. The van der Waals surface area contributed by atoms with Crippen molar-refractivity contribution in [2.24, 2.45) is 0 Å². The van der Waals surface area contributed by atoms with E-state index >= 15 is 8.78 Å². The Kier molecular flexibility index (Phi) is 6.89. The Morgan fingerprint density at radius 2 is 1.96 bits per heavy atom. The zero-order valence-corrected chi connectivity index (χ0v) is 25.2. The molecule has 0 radical (unpaired) electrons. The van der Waals surface area contributed by atoms with Crippen LogP contribution in [0.3, 0.4) is 0 Å². The minimum absolute atomic E-state index is 0.00737. The second kappa shape index (κ2) is 10.7. The summed E-state index contributed by atoms with van der Waals surface area (Å²) in [5.41, 5.74) is 3.48. The van der Waals surface area contributed by atoms with Crippen LogP contribution in [0.4, 0.5) is 37.3 Å². The van der Waals surface area contributed by atoms with Crippen LogP contribution >= 0.6 is 11.3 Å². The van der Waals surface area contributed by atoms with Crippen LogP contribution in [0, 0.1) is 17.5 Å². The molecule has 1 unspecified atom stereocenters. The van der Waals surface area contributed by atoms with Gasteiger partial charge in [0, 0.05) is 49.1 Å². The summed E-state index contributed by atoms with van der Waals surface area (Å²) in [5, 5.41) is 3.31. The monoisotopic (exact) mass is 661 g/mol. The molecular weight excluding hydrogens is 632 g/mol. The number of nitrogens with zero attached hydrogens (tertiary/aromatic N) is 5. The van der Waals surface area contributed by atoms with E-state index in [-0.39, 0.29) is 69.3 Å². The van der Waals surface area contributed by atoms with Gasteiger partial charge in [-0.1, -0.05) is 11.3 Å². The summed E-state index contributed by atoms with van der Waals surface area (Å²) in [4.78, 5) is 16.9. The molecule has 4 aliphatic heterocycles. The van der Waals surface area contributed by atoms with Crippen molar-refractivity contribution in [1.82, 2.24) is 25.2 Å². The number of halogens is 6. The molecule has 46 heavy (non-hydrogen) atoms. The molecule has 8 nitrogen and oxygen atoms in total. The first kappa shape index (κ1) is 29.7. The van der Waals surface area contributed by atoms with E-state index in [0.29, 0.717) is 25.9 Å². The van der Waals surface area contributed by atoms with Crippen LogP contribution in [0.1, 0.15) is 32.1 Å². The lowest BCUT2D eigenvalue weighted by molar-refractivity contribution is 0.107. The predicted octanol–water partition coefficient (Wildman–Crippen LogP) is 5.95. The van der Waals surface area contributed by atoms with Crippen LogP contribution in [0.2, 0.25) is 0 Å². The minimum Gasteiger partial charge on any atom is -0.461 e. The average molecular weight is 662 g/mol. The number of nitrogen functional groups attached to an aromatic ring is 1. The van der Waals surface area contributed by atoms with E-state index < -0.39 is 46.3 Å². The fourth-order valence-corrected chi connectivity index (χ4v) is 8.76. The number of alkyl halides is 1. The minimum atomic E-state index is -1.83. The molecule has 6 heterocycles. The summed E-state index contributed by atoms with van der Waals surface area (Å²) >= 11 is 0.862. The largest absolute Gasteiger partial charge is 0.461 e. The number of fused-ring (bicyclic) bond motifs is 5. The molecule has 2 bridgehead atoms. The van der Waals surface area contributed by atoms with Gasteiger partial charge in [-0.2, -0.15) is 18.7 Å². The van der Waals surface area contributed by atoms with Gasteiger partial charge in [-0.3, -0.25) is 4.90 Å². The Hall–Kier alpha value is -3.69. The van der Waals surface area contributed by atoms with Gasteiger partial charge in [0.05, 0.1) is 26.9 Å². The number of benzene rings is 2. The zero-order valence-electron chi connectivity index (χ0n) is 24.4. The van der Waals surface area contributed by atoms with Crippen molar-refractivity contribution in [1.29, 1.82) is 0 Å². The highest BCUT2D eigenvalue weighted by Crippen LogP contribution is 2.43. The molecule has 4 saturated heterocycles. The number of hydrogen-bond acceptors (Lipinski definition) is 9. The lowest BCUT2D eigenvalue weighted by atomic mass is 9.95. The van der Waals surface area contributed by atoms with Crippen molar-refractivity contribution in [3.63, 3.8) is 0 Å². The molecule has 242 valence electrons. The number of ether oxygens (including phenoxy) is 1. The van der Waals surface area contributed by atoms with Crippen molar-refractivity contribution in [3.8, 4) is 17.1 Å². The number of nitrogens with two attached hydrogens (primary N) is 1. The van der Waals surface area contributed by atoms with Gasteiger partial charge in [0.15, 0.2) is 10.9 Å². The third-order valence-electron chi connectivity index (χ3n) is 9.88. The summed E-state index contributed by atoms with van der Waals surface area (Å²) < 4.78 is 95.0. The maximum atomic E-state index is 16.7. The van der Waals surface area contributed by atoms with E-state index in [4.69, 9.17) is 10.5 Å². The van der Waals surface area contributed by atoms with E-state index in [0.717, 1.165) is 48.9 Å². The maximum absolute atomic E-state index is 16.7. The van der Waals surface area contributed by atoms with Gasteiger partial charge in [0.25, 0.3) is 6.08 Å². The number of nitrogens with one attached hydrogen (secondary N) is 1. The highest BCUT2D eigenvalue weighted by Gasteiger charge is 2.50. The fraction of sp³-hybridized carbons (Fsp3) is 0.452. The van der Waals surface area contributed by atoms with E-state index in [2.05, 4.69) is 25.2 Å². The highest BCUT2D eigenvalue weighted by molar-refractivity contribution is 7.22. The van der Waals surface area contributed by atoms with Crippen LogP contribution < -0.4 is 20.7 Å². The van der Waals surface area contributed by atoms with E-state index in [1.54, 1.807) is 4.90 Å². The zero-order chi connectivity index (χ0) is 32.0. The maximum Gasteiger partial charge on any atom is 0.319 e. The number of hydrogen-bond donors (Lipinski definition) is 2. The predicted molar refractivity (Wildman–Crippen MR) is 162 cm³/mol. The fourth-order valence-electron chi connectivity index (χ4n) is 8.00. The third kappa shape index (κ3) is 4.77. The molecule has 0 aliphatic carbocycles. The van der Waals surface area contributed by atoms with Gasteiger partial charge < -0.3 is 20.7 Å². The molecule has 4 atom stereocenters. The summed E-state index contributed by atoms with van der Waals surface area (Å²) in [5.74, 6) is -2.51. The van der Waals surface area contributed by atoms with Gasteiger partial charge in [0.1, 0.15) is 35.7 Å². The Morgan fingerprint density at radius 3 is 2.78 bits per heavy atom. The Balaban J connectivity index is 1.27. The third-order valence-corrected chi connectivity index (χ3v) is 10.8. The smallest absolute Gasteiger partial charge is 0.319 e. The van der Waals surface area contributed by atoms with Crippen molar-refractivity contribution >= 4 is 43.4 Å². The van der Waals surface area contributed by atoms with Gasteiger partial charge in [-0.05, 0) is 50.4 Å². The molecule has 0 saturated carbocycles. The standard InChI is InChI=1S/C31H29F6N7OS/c32-15-9-31(5-1-7-44(31)11-15)14-45-29-40-24-18(27(41-29)43-12-16-4-6-30(13-43,42-16)10-21(35)36)8-20(34)22(23(24)37)17-2-3-19(33)26-25(17)39-28(38)46-26/h2-3,8,10,15-16,42H,1,4-7,9,11-14H2,(H2,38,39)/t15-,16+,30+,31?/m1/s1. The average Bonchev–Trinajstić information content (AvgIpc) is 3.73. The normalized spacial score (nSPS) is 27.6. The summed E-state index contributed by atoms with van der Waals surface area (Å²) in [6.45, 7) is 1.52. The Morgan fingerprint density at radius 1 is 1.11 bits per heavy atom. The number of thiazole rings is 1. The van der Waals surface area contributed by atoms with Crippen LogP contribution in [0.5, 0.6) is 6.01 Å². The van der Waals surface area contributed by atoms with Crippen molar-refractivity contribution in [3.05, 3.63) is 47.8 Å². The number of rotatable bonds is 6. The van der Waals surface area contributed by atoms with Gasteiger partial charge >= 0.3 is 6.01 Å². The topological polar surface area (TPSA) is 92.4 Å². The first-order chi connectivity index (χ1) is 22.0. The molecule has 0 amide bonds. The molecular formula is C31H29F6N7OS. The van der Waals surface area contributed by atoms with Gasteiger partial charge in [-0.15, -0.1) is 0 Å². The van der Waals surface area contributed by atoms with Crippen LogP contribution in [-0.4, -0.2) is 75.9 Å². The molecule has 4 fully saturated rings. The second-order valence-corrected chi connectivity index (χ2v) is 13.8. The molecule has 3 N–H and O–H groups in total. The molecule has 8 rings (SSSR count). The first-order valence-electron chi connectivity index (χ1n) is 15.2. The summed E-state index contributed by atoms with van der Waals surface area (Å²) in [6.07, 6.45) is 1.03. The lowest BCUT2D eigenvalue weighted by Crippen LogP contribution is -2.59. The SMILES string of the molecule is Nc1nc2c(-c3c(F)cc4c(N5C[C@@H]6CC[C@](C=C(F)F)(C5)N6)nc(OCC56CCCN5C[C@H](F)C6)nc4c3F)ccc(F)c2s1. The quantitative estimate of drug-likeness (QED) is 0.245. The van der Waals surface area contributed by atoms with Crippen molar-refractivity contribution in [2.75, 3.05) is 43.4 Å². The first-order valence-corrected chi connectivity index (χ1v) is 16.0. The lowest BCUT2D eigenvalue weighted by Gasteiger charge is -2.40. The van der Waals surface area contributed by atoms with E-state index in [1.807, 2.05) is 0 Å². The van der Waals surface area contributed by atoms with Crippen LogP contribution in [0.15, 0.2) is 30.4 Å². The summed E-state index contributed by atoms with van der Waals surface area (Å²) in [7, 11) is 0. The van der Waals surface area contributed by atoms with Crippen LogP contribution in [-0.2, 0) is 0 Å². The second-order valence-electron chi connectivity index (χ2n) is 12.8. The van der Waals surface area contributed by atoms with Crippen LogP contribution in [0.25, 0.3) is 32.2 Å². The van der Waals surface area contributed by atoms with Gasteiger partial charge in [-0.25, -0.2) is 22.5 Å². The molecule has 0 spiro atoms. The number of anilines is 2. The Bertz CT molecular complexity index is 1920. The number of aromatic nitrogens is 3. The van der Waals surface area contributed by atoms with Gasteiger partial charge in [0.2, 0.25) is 0 Å². The van der Waals surface area contributed by atoms with E-state index in [9.17, 15) is 17.6 Å². The highest BCUT2D eigenvalue weighted by atomic mass is 32.1. The Labute approximate surface area is 263 Å². The van der Waals surface area contributed by atoms with Crippen molar-refractivity contribution in [2.45, 2.75) is 55.4 Å². The molecule has 4 aliphatic rings. The van der Waals surface area contributed by atoms with Crippen molar-refractivity contribution < 1.29 is 31.1 Å².